The highest BCUT2D eigenvalue weighted by Gasteiger charge is 2.51. The van der Waals surface area contributed by atoms with Gasteiger partial charge < -0.3 is 10.2 Å². The van der Waals surface area contributed by atoms with Crippen molar-refractivity contribution in [2.75, 3.05) is 18.1 Å². The molecule has 35 heavy (non-hydrogen) atoms. The molecule has 4 nitrogen and oxygen atoms in total. The molecule has 1 unspecified atom stereocenters. The van der Waals surface area contributed by atoms with E-state index in [9.17, 15) is 31.1 Å². The molecule has 11 heteroatoms. The summed E-state index contributed by atoms with van der Waals surface area (Å²) < 4.78 is 78.6. The number of hydrogen-bond acceptors (Lipinski definition) is 3. The van der Waals surface area contributed by atoms with Crippen LogP contribution in [0, 0.1) is 17.8 Å². The molecular weight excluding hydrogens is 492 g/mol. The van der Waals surface area contributed by atoms with Crippen molar-refractivity contribution in [3.8, 4) is 0 Å². The van der Waals surface area contributed by atoms with Crippen LogP contribution >= 0.6 is 11.8 Å². The first-order valence-corrected chi connectivity index (χ1v) is 12.8. The Morgan fingerprint density at radius 3 is 2.00 bits per heavy atom. The number of hydrogen-bond donors (Lipinski definition) is 1. The van der Waals surface area contributed by atoms with E-state index in [1.165, 1.54) is 19.3 Å². The third-order valence-electron chi connectivity index (χ3n) is 7.89. The van der Waals surface area contributed by atoms with E-state index in [-0.39, 0.29) is 24.1 Å². The van der Waals surface area contributed by atoms with Gasteiger partial charge in [-0.3, -0.25) is 9.79 Å². The lowest BCUT2D eigenvalue weighted by Crippen LogP contribution is -2.50. The van der Waals surface area contributed by atoms with E-state index in [1.54, 1.807) is 11.8 Å². The number of benzene rings is 1. The molecule has 1 heterocycles. The van der Waals surface area contributed by atoms with E-state index in [0.29, 0.717) is 17.9 Å². The Kier molecular flexibility index (Phi) is 6.08. The fourth-order valence-electron chi connectivity index (χ4n) is 6.71. The lowest BCUT2D eigenvalue weighted by molar-refractivity contribution is -0.143. The summed E-state index contributed by atoms with van der Waals surface area (Å²) in [7, 11) is 1.85. The minimum atomic E-state index is -4.97. The van der Waals surface area contributed by atoms with Gasteiger partial charge in [0.25, 0.3) is 0 Å². The average molecular weight is 520 g/mol. The second-order valence-electron chi connectivity index (χ2n) is 10.7. The molecule has 1 aromatic rings. The molecule has 4 bridgehead atoms. The van der Waals surface area contributed by atoms with Crippen LogP contribution in [0.2, 0.25) is 0 Å². The second kappa shape index (κ2) is 8.59. The molecule has 1 aliphatic heterocycles. The van der Waals surface area contributed by atoms with Crippen LogP contribution < -0.4 is 5.32 Å². The highest BCUT2D eigenvalue weighted by Crippen LogP contribution is 2.57. The molecule has 6 rings (SSSR count). The minimum absolute atomic E-state index is 0.0193. The summed E-state index contributed by atoms with van der Waals surface area (Å²) in [4.78, 5) is 19.7. The molecule has 1 N–H and O–H groups in total. The van der Waals surface area contributed by atoms with Gasteiger partial charge in [0.2, 0.25) is 5.91 Å². The van der Waals surface area contributed by atoms with E-state index in [0.717, 1.165) is 42.2 Å². The van der Waals surface area contributed by atoms with Gasteiger partial charge in [0.1, 0.15) is 0 Å². The fraction of sp³-hybridized carbons (Fsp3) is 0.667. The van der Waals surface area contributed by atoms with Crippen LogP contribution in [0.15, 0.2) is 23.2 Å². The topological polar surface area (TPSA) is 44.7 Å². The maximum absolute atomic E-state index is 13.1. The summed E-state index contributed by atoms with van der Waals surface area (Å²) >= 11 is 1.57. The molecule has 1 amide bonds. The van der Waals surface area contributed by atoms with Crippen LogP contribution in [-0.4, -0.2) is 40.4 Å². The fourth-order valence-corrected chi connectivity index (χ4v) is 8.00. The zero-order valence-electron chi connectivity index (χ0n) is 19.2. The van der Waals surface area contributed by atoms with Crippen LogP contribution in [0.4, 0.5) is 32.0 Å². The van der Waals surface area contributed by atoms with E-state index in [2.05, 4.69) is 5.32 Å². The molecule has 0 spiro atoms. The summed E-state index contributed by atoms with van der Waals surface area (Å²) in [6.45, 7) is 0. The van der Waals surface area contributed by atoms with Crippen molar-refractivity contribution in [3.05, 3.63) is 29.3 Å². The van der Waals surface area contributed by atoms with Gasteiger partial charge >= 0.3 is 12.4 Å². The predicted molar refractivity (Wildman–Crippen MR) is 122 cm³/mol. The number of anilines is 1. The number of halogens is 6. The number of thioether (sulfide) groups is 1. The first-order valence-electron chi connectivity index (χ1n) is 11.8. The van der Waals surface area contributed by atoms with Crippen molar-refractivity contribution in [1.82, 2.24) is 4.90 Å². The molecular formula is C24H27F6N3OS. The van der Waals surface area contributed by atoms with Crippen molar-refractivity contribution in [1.29, 1.82) is 0 Å². The molecule has 4 saturated carbocycles. The van der Waals surface area contributed by atoms with Crippen LogP contribution in [-0.2, 0) is 17.1 Å². The molecule has 192 valence electrons. The minimum Gasteiger partial charge on any atom is -0.350 e. The highest BCUT2D eigenvalue weighted by molar-refractivity contribution is 8.14. The average Bonchev–Trinajstić information content (AvgIpc) is 3.04. The predicted octanol–water partition coefficient (Wildman–Crippen LogP) is 6.42. The van der Waals surface area contributed by atoms with Crippen molar-refractivity contribution in [2.24, 2.45) is 22.7 Å². The molecule has 5 fully saturated rings. The highest BCUT2D eigenvalue weighted by atomic mass is 32.2. The standard InChI is InChI=1S/C24H27F6N3OS/c1-33-19(12-35-21(33)32-22-9-13-2-14(10-22)4-15(3-13)11-22)8-20(34)31-18-6-16(23(25,26)27)5-17(7-18)24(28,29)30/h5-7,13-15,19H,2-4,8-12H2,1H3,(H,31,34). The third kappa shape index (κ3) is 5.15. The van der Waals surface area contributed by atoms with E-state index >= 15 is 0 Å². The Labute approximate surface area is 203 Å². The number of amides is 1. The van der Waals surface area contributed by atoms with Crippen LogP contribution in [0.5, 0.6) is 0 Å². The molecule has 1 aromatic carbocycles. The van der Waals surface area contributed by atoms with Crippen LogP contribution in [0.3, 0.4) is 0 Å². The zero-order chi connectivity index (χ0) is 25.2. The van der Waals surface area contributed by atoms with Gasteiger partial charge in [0, 0.05) is 31.0 Å². The quantitative estimate of drug-likeness (QED) is 0.467. The first kappa shape index (κ1) is 24.8. The smallest absolute Gasteiger partial charge is 0.350 e. The largest absolute Gasteiger partial charge is 0.416 e. The number of carbonyl (C=O) groups excluding carboxylic acids is 1. The summed E-state index contributed by atoms with van der Waals surface area (Å²) in [5.74, 6) is 2.20. The van der Waals surface area contributed by atoms with Crippen LogP contribution in [0.1, 0.15) is 56.1 Å². The third-order valence-corrected chi connectivity index (χ3v) is 9.07. The molecule has 4 aliphatic carbocycles. The Hall–Kier alpha value is -1.91. The zero-order valence-corrected chi connectivity index (χ0v) is 20.0. The Morgan fingerprint density at radius 2 is 1.51 bits per heavy atom. The lowest BCUT2D eigenvalue weighted by atomic mass is 9.53. The summed E-state index contributed by atoms with van der Waals surface area (Å²) in [6, 6.07) is 0.866. The number of amidine groups is 1. The second-order valence-corrected chi connectivity index (χ2v) is 11.6. The molecule has 0 aromatic heterocycles. The van der Waals surface area contributed by atoms with Crippen molar-refractivity contribution >= 4 is 28.5 Å². The maximum Gasteiger partial charge on any atom is 0.416 e. The Balaban J connectivity index is 1.26. The Bertz CT molecular complexity index is 970. The van der Waals surface area contributed by atoms with Gasteiger partial charge in [0.05, 0.1) is 16.7 Å². The van der Waals surface area contributed by atoms with Gasteiger partial charge in [-0.05, 0) is 74.5 Å². The van der Waals surface area contributed by atoms with Gasteiger partial charge in [-0.25, -0.2) is 0 Å². The van der Waals surface area contributed by atoms with Gasteiger partial charge in [-0.1, -0.05) is 11.8 Å². The number of aliphatic imine (C=N–C) groups is 1. The molecule has 5 aliphatic rings. The van der Waals surface area contributed by atoms with E-state index in [1.807, 2.05) is 11.9 Å². The number of carbonyl (C=O) groups is 1. The SMILES string of the molecule is CN1C(=NC23CC4CC(CC(C4)C2)C3)SCC1CC(=O)Nc1cc(C(F)(F)F)cc(C(F)(F)F)c1. The number of nitrogens with one attached hydrogen (secondary N) is 1. The van der Waals surface area contributed by atoms with E-state index < -0.39 is 35.1 Å². The summed E-state index contributed by atoms with van der Waals surface area (Å²) in [5, 5.41) is 3.12. The normalized spacial score (nSPS) is 33.6. The van der Waals surface area contributed by atoms with Crippen molar-refractivity contribution in [3.63, 3.8) is 0 Å². The van der Waals surface area contributed by atoms with E-state index in [4.69, 9.17) is 4.99 Å². The molecule has 1 atom stereocenters. The Morgan fingerprint density at radius 1 is 1.00 bits per heavy atom. The number of rotatable bonds is 4. The molecule has 1 saturated heterocycles. The molecule has 0 radical (unpaired) electrons. The lowest BCUT2D eigenvalue weighted by Gasteiger charge is -2.55. The number of nitrogens with zero attached hydrogens (tertiary/aromatic N) is 2. The monoisotopic (exact) mass is 519 g/mol. The van der Waals surface area contributed by atoms with Crippen molar-refractivity contribution < 1.29 is 31.1 Å². The van der Waals surface area contributed by atoms with Gasteiger partial charge in [0.15, 0.2) is 5.17 Å². The van der Waals surface area contributed by atoms with Crippen LogP contribution in [0.25, 0.3) is 0 Å². The van der Waals surface area contributed by atoms with Gasteiger partial charge in [-0.15, -0.1) is 0 Å². The summed E-state index contributed by atoms with van der Waals surface area (Å²) in [6.07, 6.45) is -2.74. The first-order chi connectivity index (χ1) is 16.3. The van der Waals surface area contributed by atoms with Crippen molar-refractivity contribution in [2.45, 2.75) is 68.9 Å². The maximum atomic E-state index is 13.1. The van der Waals surface area contributed by atoms with Gasteiger partial charge in [-0.2, -0.15) is 26.3 Å². The summed E-state index contributed by atoms with van der Waals surface area (Å²) in [5.41, 5.74) is -3.45. The number of alkyl halides is 6.